The molecule has 1 aliphatic heterocycles. The van der Waals surface area contributed by atoms with Crippen LogP contribution in [0.5, 0.6) is 0 Å². The normalized spacial score (nSPS) is 40.0. The Morgan fingerprint density at radius 3 is 2.53 bits per heavy atom. The molecule has 0 radical (unpaired) electrons. The molecule has 0 aromatic heterocycles. The molecule has 0 bridgehead atoms. The van der Waals surface area contributed by atoms with Gasteiger partial charge in [-0.25, -0.2) is 0 Å². The van der Waals surface area contributed by atoms with Crippen molar-refractivity contribution in [3.63, 3.8) is 0 Å². The predicted octanol–water partition coefficient (Wildman–Crippen LogP) is 3.39. The molecule has 3 atom stereocenters. The minimum atomic E-state index is -0.624. The molecular weight excluding hydrogens is 238 g/mol. The smallest absolute Gasteiger partial charge is 0.310 e. The zero-order valence-corrected chi connectivity index (χ0v) is 12.9. The van der Waals surface area contributed by atoms with E-state index in [2.05, 4.69) is 25.7 Å². The van der Waals surface area contributed by atoms with Crippen molar-refractivity contribution in [2.75, 3.05) is 13.1 Å². The van der Waals surface area contributed by atoms with Gasteiger partial charge in [0.05, 0.1) is 5.41 Å². The molecule has 3 nitrogen and oxygen atoms in total. The van der Waals surface area contributed by atoms with E-state index in [1.807, 2.05) is 6.92 Å². The van der Waals surface area contributed by atoms with Crippen molar-refractivity contribution < 1.29 is 9.90 Å². The zero-order valence-electron chi connectivity index (χ0n) is 12.9. The van der Waals surface area contributed by atoms with Crippen LogP contribution in [0.1, 0.15) is 59.8 Å². The van der Waals surface area contributed by atoms with Crippen LogP contribution in [-0.4, -0.2) is 35.1 Å². The number of nitrogens with zero attached hydrogens (tertiary/aromatic N) is 1. The number of carboxylic acid groups (broad SMARTS) is 1. The average molecular weight is 267 g/mol. The Labute approximate surface area is 117 Å². The minimum Gasteiger partial charge on any atom is -0.481 e. The van der Waals surface area contributed by atoms with E-state index in [1.165, 1.54) is 19.3 Å². The van der Waals surface area contributed by atoms with Gasteiger partial charge in [-0.05, 0) is 56.9 Å². The maximum atomic E-state index is 11.5. The SMILES string of the molecule is CC1CC(C)(C)CCC1N1CCCC(C)(C(=O)O)C1. The lowest BCUT2D eigenvalue weighted by molar-refractivity contribution is -0.152. The van der Waals surface area contributed by atoms with Gasteiger partial charge in [0.25, 0.3) is 0 Å². The van der Waals surface area contributed by atoms with Gasteiger partial charge in [-0.3, -0.25) is 9.69 Å². The van der Waals surface area contributed by atoms with Gasteiger partial charge < -0.3 is 5.11 Å². The number of likely N-dealkylation sites (tertiary alicyclic amines) is 1. The summed E-state index contributed by atoms with van der Waals surface area (Å²) in [4.78, 5) is 13.9. The third-order valence-electron chi connectivity index (χ3n) is 5.36. The van der Waals surface area contributed by atoms with Crippen LogP contribution in [0.3, 0.4) is 0 Å². The quantitative estimate of drug-likeness (QED) is 0.833. The fourth-order valence-corrected chi connectivity index (χ4v) is 4.21. The fourth-order valence-electron chi connectivity index (χ4n) is 4.21. The Morgan fingerprint density at radius 2 is 1.95 bits per heavy atom. The number of hydrogen-bond acceptors (Lipinski definition) is 2. The van der Waals surface area contributed by atoms with Crippen LogP contribution in [0.25, 0.3) is 0 Å². The van der Waals surface area contributed by atoms with Crippen molar-refractivity contribution in [3.05, 3.63) is 0 Å². The molecule has 3 heteroatoms. The zero-order chi connectivity index (χ0) is 14.3. The van der Waals surface area contributed by atoms with E-state index < -0.39 is 11.4 Å². The van der Waals surface area contributed by atoms with Crippen molar-refractivity contribution in [3.8, 4) is 0 Å². The van der Waals surface area contributed by atoms with E-state index in [9.17, 15) is 9.90 Å². The molecule has 1 N–H and O–H groups in total. The molecule has 19 heavy (non-hydrogen) atoms. The maximum Gasteiger partial charge on any atom is 0.310 e. The minimum absolute atomic E-state index is 0.460. The number of piperidine rings is 1. The third-order valence-corrected chi connectivity index (χ3v) is 5.36. The van der Waals surface area contributed by atoms with Crippen molar-refractivity contribution in [2.24, 2.45) is 16.7 Å². The molecule has 110 valence electrons. The van der Waals surface area contributed by atoms with Crippen LogP contribution < -0.4 is 0 Å². The second-order valence-electron chi connectivity index (χ2n) is 7.89. The number of carboxylic acids is 1. The van der Waals surface area contributed by atoms with E-state index >= 15 is 0 Å². The summed E-state index contributed by atoms with van der Waals surface area (Å²) >= 11 is 0. The second kappa shape index (κ2) is 5.08. The molecule has 1 heterocycles. The van der Waals surface area contributed by atoms with Crippen LogP contribution in [0.4, 0.5) is 0 Å². The summed E-state index contributed by atoms with van der Waals surface area (Å²) < 4.78 is 0. The van der Waals surface area contributed by atoms with E-state index in [4.69, 9.17) is 0 Å². The Bertz CT molecular complexity index is 353. The van der Waals surface area contributed by atoms with Gasteiger partial charge in [0.1, 0.15) is 0 Å². The highest BCUT2D eigenvalue weighted by Crippen LogP contribution is 2.42. The molecule has 2 rings (SSSR count). The lowest BCUT2D eigenvalue weighted by atomic mass is 9.69. The molecule has 3 unspecified atom stereocenters. The van der Waals surface area contributed by atoms with E-state index in [0.717, 1.165) is 25.9 Å². The van der Waals surface area contributed by atoms with E-state index in [-0.39, 0.29) is 0 Å². The Balaban J connectivity index is 2.04. The van der Waals surface area contributed by atoms with E-state index in [1.54, 1.807) is 0 Å². The predicted molar refractivity (Wildman–Crippen MR) is 77.1 cm³/mol. The van der Waals surface area contributed by atoms with Gasteiger partial charge in [-0.1, -0.05) is 20.8 Å². The number of carbonyl (C=O) groups is 1. The standard InChI is InChI=1S/C16H29NO2/c1-12-10-15(2,3)8-6-13(12)17-9-5-7-16(4,11-17)14(18)19/h12-13H,5-11H2,1-4H3,(H,18,19). The summed E-state index contributed by atoms with van der Waals surface area (Å²) in [5, 5.41) is 9.44. The Kier molecular flexibility index (Phi) is 3.97. The van der Waals surface area contributed by atoms with Crippen LogP contribution >= 0.6 is 0 Å². The largest absolute Gasteiger partial charge is 0.481 e. The second-order valence-corrected chi connectivity index (χ2v) is 7.89. The van der Waals surface area contributed by atoms with Crippen molar-refractivity contribution in [2.45, 2.75) is 65.8 Å². The maximum absolute atomic E-state index is 11.5. The lowest BCUT2D eigenvalue weighted by Gasteiger charge is -2.48. The first-order valence-corrected chi connectivity index (χ1v) is 7.71. The monoisotopic (exact) mass is 267 g/mol. The van der Waals surface area contributed by atoms with Crippen LogP contribution in [-0.2, 0) is 4.79 Å². The Hall–Kier alpha value is -0.570. The van der Waals surface area contributed by atoms with Gasteiger partial charge in [0.2, 0.25) is 0 Å². The van der Waals surface area contributed by atoms with E-state index in [0.29, 0.717) is 17.4 Å². The molecular formula is C16H29NO2. The fraction of sp³-hybridized carbons (Fsp3) is 0.938. The number of rotatable bonds is 2. The molecule has 0 aromatic carbocycles. The summed E-state index contributed by atoms with van der Waals surface area (Å²) in [6, 6.07) is 0.590. The summed E-state index contributed by atoms with van der Waals surface area (Å²) in [5.74, 6) is 0.0564. The van der Waals surface area contributed by atoms with Crippen LogP contribution in [0.15, 0.2) is 0 Å². The first-order valence-electron chi connectivity index (χ1n) is 7.71. The molecule has 1 saturated carbocycles. The first-order chi connectivity index (χ1) is 8.73. The lowest BCUT2D eigenvalue weighted by Crippen LogP contribution is -2.53. The van der Waals surface area contributed by atoms with Gasteiger partial charge in [0.15, 0.2) is 0 Å². The molecule has 1 saturated heterocycles. The molecule has 2 fully saturated rings. The Morgan fingerprint density at radius 1 is 1.26 bits per heavy atom. The van der Waals surface area contributed by atoms with Gasteiger partial charge in [-0.15, -0.1) is 0 Å². The molecule has 0 spiro atoms. The molecule has 0 aromatic rings. The first kappa shape index (κ1) is 14.8. The van der Waals surface area contributed by atoms with Crippen LogP contribution in [0.2, 0.25) is 0 Å². The third kappa shape index (κ3) is 3.13. The average Bonchev–Trinajstić information content (AvgIpc) is 2.27. The summed E-state index contributed by atoms with van der Waals surface area (Å²) in [5.41, 5.74) is -0.0766. The summed E-state index contributed by atoms with van der Waals surface area (Å²) in [6.45, 7) is 10.8. The topological polar surface area (TPSA) is 40.5 Å². The summed E-state index contributed by atoms with van der Waals surface area (Å²) in [6.07, 6.45) is 5.60. The molecule has 0 amide bonds. The van der Waals surface area contributed by atoms with Crippen molar-refractivity contribution in [1.82, 2.24) is 4.90 Å². The molecule has 1 aliphatic carbocycles. The highest BCUT2D eigenvalue weighted by atomic mass is 16.4. The number of hydrogen-bond donors (Lipinski definition) is 1. The van der Waals surface area contributed by atoms with Crippen LogP contribution in [0, 0.1) is 16.7 Å². The highest BCUT2D eigenvalue weighted by molar-refractivity contribution is 5.74. The molecule has 2 aliphatic rings. The van der Waals surface area contributed by atoms with Gasteiger partial charge in [0, 0.05) is 12.6 Å². The highest BCUT2D eigenvalue weighted by Gasteiger charge is 2.42. The van der Waals surface area contributed by atoms with Crippen molar-refractivity contribution >= 4 is 5.97 Å². The van der Waals surface area contributed by atoms with Gasteiger partial charge in [-0.2, -0.15) is 0 Å². The summed E-state index contributed by atoms with van der Waals surface area (Å²) in [7, 11) is 0. The van der Waals surface area contributed by atoms with Crippen molar-refractivity contribution in [1.29, 1.82) is 0 Å². The number of aliphatic carboxylic acids is 1. The van der Waals surface area contributed by atoms with Gasteiger partial charge >= 0.3 is 5.97 Å².